The van der Waals surface area contributed by atoms with E-state index in [4.69, 9.17) is 0 Å². The highest BCUT2D eigenvalue weighted by atomic mass is 15.3. The first-order chi connectivity index (χ1) is 7.58. The van der Waals surface area contributed by atoms with Crippen LogP contribution in [0.15, 0.2) is 0 Å². The molecule has 2 unspecified atom stereocenters. The number of rotatable bonds is 4. The lowest BCUT2D eigenvalue weighted by molar-refractivity contribution is 0.0778. The average molecular weight is 224 g/mol. The van der Waals surface area contributed by atoms with Crippen molar-refractivity contribution < 1.29 is 0 Å². The van der Waals surface area contributed by atoms with Gasteiger partial charge in [-0.15, -0.1) is 0 Å². The van der Waals surface area contributed by atoms with Crippen LogP contribution in [0.5, 0.6) is 0 Å². The lowest BCUT2D eigenvalue weighted by atomic mass is 9.97. The van der Waals surface area contributed by atoms with E-state index in [1.165, 1.54) is 32.4 Å². The fourth-order valence-corrected chi connectivity index (χ4v) is 3.10. The molecule has 0 aromatic carbocycles. The third kappa shape index (κ3) is 2.98. The normalized spacial score (nSPS) is 32.6. The number of nitrogens with zero attached hydrogens (tertiary/aromatic N) is 1. The molecular weight excluding hydrogens is 196 g/mol. The third-order valence-electron chi connectivity index (χ3n) is 4.06. The van der Waals surface area contributed by atoms with Gasteiger partial charge >= 0.3 is 0 Å². The first-order valence-corrected chi connectivity index (χ1v) is 7.07. The van der Waals surface area contributed by atoms with Crippen molar-refractivity contribution in [3.05, 3.63) is 0 Å². The predicted molar refractivity (Wildman–Crippen MR) is 69.6 cm³/mol. The maximum atomic E-state index is 3.77. The van der Waals surface area contributed by atoms with Gasteiger partial charge in [-0.2, -0.15) is 0 Å². The van der Waals surface area contributed by atoms with E-state index in [9.17, 15) is 0 Å². The zero-order valence-electron chi connectivity index (χ0n) is 11.4. The summed E-state index contributed by atoms with van der Waals surface area (Å²) in [7, 11) is 0. The van der Waals surface area contributed by atoms with Gasteiger partial charge < -0.3 is 5.32 Å². The molecule has 2 atom stereocenters. The van der Waals surface area contributed by atoms with Crippen molar-refractivity contribution in [3.8, 4) is 0 Å². The van der Waals surface area contributed by atoms with Crippen molar-refractivity contribution in [3.63, 3.8) is 0 Å². The van der Waals surface area contributed by atoms with E-state index in [1.807, 2.05) is 0 Å². The molecule has 16 heavy (non-hydrogen) atoms. The molecule has 1 aliphatic heterocycles. The zero-order valence-corrected chi connectivity index (χ0v) is 11.4. The molecule has 0 bridgehead atoms. The van der Waals surface area contributed by atoms with E-state index in [0.29, 0.717) is 6.04 Å². The lowest BCUT2D eigenvalue weighted by Crippen LogP contribution is -2.59. The van der Waals surface area contributed by atoms with Gasteiger partial charge in [-0.05, 0) is 44.9 Å². The Kier molecular flexibility index (Phi) is 3.91. The van der Waals surface area contributed by atoms with Gasteiger partial charge in [0, 0.05) is 31.2 Å². The van der Waals surface area contributed by atoms with E-state index in [1.54, 1.807) is 0 Å². The summed E-state index contributed by atoms with van der Waals surface area (Å²) in [4.78, 5) is 2.75. The summed E-state index contributed by atoms with van der Waals surface area (Å²) < 4.78 is 0. The maximum Gasteiger partial charge on any atom is 0.0252 e. The SMILES string of the molecule is CC(C)CC1CN(C(C)C)C(C2CC2)CN1. The van der Waals surface area contributed by atoms with Gasteiger partial charge in [-0.3, -0.25) is 4.90 Å². The van der Waals surface area contributed by atoms with E-state index < -0.39 is 0 Å². The van der Waals surface area contributed by atoms with E-state index in [2.05, 4.69) is 37.9 Å². The van der Waals surface area contributed by atoms with E-state index in [-0.39, 0.29) is 0 Å². The molecular formula is C14H28N2. The highest BCUT2D eigenvalue weighted by molar-refractivity contribution is 4.96. The molecule has 1 aliphatic carbocycles. The van der Waals surface area contributed by atoms with Gasteiger partial charge in [0.2, 0.25) is 0 Å². The third-order valence-corrected chi connectivity index (χ3v) is 4.06. The second-order valence-corrected chi connectivity index (χ2v) is 6.43. The standard InChI is InChI=1S/C14H28N2/c1-10(2)7-13-9-16(11(3)4)14(8-15-13)12-5-6-12/h10-15H,5-9H2,1-4H3. The van der Waals surface area contributed by atoms with Crippen LogP contribution in [0.3, 0.4) is 0 Å². The van der Waals surface area contributed by atoms with Gasteiger partial charge in [0.25, 0.3) is 0 Å². The van der Waals surface area contributed by atoms with Gasteiger partial charge in [0.15, 0.2) is 0 Å². The molecule has 1 saturated heterocycles. The average Bonchev–Trinajstić information content (AvgIpc) is 3.00. The Morgan fingerprint density at radius 1 is 1.19 bits per heavy atom. The van der Waals surface area contributed by atoms with Crippen molar-refractivity contribution in [1.29, 1.82) is 0 Å². The summed E-state index contributed by atoms with van der Waals surface area (Å²) in [6.07, 6.45) is 4.25. The molecule has 1 saturated carbocycles. The van der Waals surface area contributed by atoms with Crippen LogP contribution in [0.2, 0.25) is 0 Å². The molecule has 1 N–H and O–H groups in total. The Morgan fingerprint density at radius 2 is 1.88 bits per heavy atom. The molecule has 0 spiro atoms. The largest absolute Gasteiger partial charge is 0.311 e. The molecule has 0 radical (unpaired) electrons. The molecule has 0 amide bonds. The van der Waals surface area contributed by atoms with Crippen LogP contribution in [0.25, 0.3) is 0 Å². The van der Waals surface area contributed by atoms with Crippen molar-refractivity contribution in [2.45, 2.75) is 65.1 Å². The molecule has 2 nitrogen and oxygen atoms in total. The second-order valence-electron chi connectivity index (χ2n) is 6.43. The first-order valence-electron chi connectivity index (χ1n) is 7.07. The fourth-order valence-electron chi connectivity index (χ4n) is 3.10. The highest BCUT2D eigenvalue weighted by Crippen LogP contribution is 2.37. The Morgan fingerprint density at radius 3 is 2.38 bits per heavy atom. The van der Waals surface area contributed by atoms with Gasteiger partial charge in [-0.1, -0.05) is 13.8 Å². The summed E-state index contributed by atoms with van der Waals surface area (Å²) in [5.41, 5.74) is 0. The molecule has 94 valence electrons. The number of hydrogen-bond donors (Lipinski definition) is 1. The fraction of sp³-hybridized carbons (Fsp3) is 1.00. The first kappa shape index (κ1) is 12.4. The van der Waals surface area contributed by atoms with Crippen LogP contribution in [-0.2, 0) is 0 Å². The Bertz CT molecular complexity index is 221. The monoisotopic (exact) mass is 224 g/mol. The predicted octanol–water partition coefficient (Wildman–Crippen LogP) is 2.49. The minimum atomic E-state index is 0.711. The molecule has 0 aromatic heterocycles. The van der Waals surface area contributed by atoms with Crippen LogP contribution in [0.4, 0.5) is 0 Å². The summed E-state index contributed by atoms with van der Waals surface area (Å²) in [5.74, 6) is 1.80. The van der Waals surface area contributed by atoms with Crippen molar-refractivity contribution in [1.82, 2.24) is 10.2 Å². The quantitative estimate of drug-likeness (QED) is 0.789. The lowest BCUT2D eigenvalue weighted by Gasteiger charge is -2.43. The smallest absolute Gasteiger partial charge is 0.0252 e. The van der Waals surface area contributed by atoms with Crippen LogP contribution < -0.4 is 5.32 Å². The maximum absolute atomic E-state index is 3.77. The highest BCUT2D eigenvalue weighted by Gasteiger charge is 2.39. The van der Waals surface area contributed by atoms with Crippen LogP contribution in [0, 0.1) is 11.8 Å². The van der Waals surface area contributed by atoms with Gasteiger partial charge in [0.05, 0.1) is 0 Å². The van der Waals surface area contributed by atoms with Crippen molar-refractivity contribution in [2.75, 3.05) is 13.1 Å². The molecule has 2 heteroatoms. The second kappa shape index (κ2) is 5.05. The number of piperazine rings is 1. The molecule has 0 aromatic rings. The summed E-state index contributed by atoms with van der Waals surface area (Å²) in [6, 6.07) is 2.25. The number of nitrogens with one attached hydrogen (secondary N) is 1. The van der Waals surface area contributed by atoms with Crippen LogP contribution >= 0.6 is 0 Å². The summed E-state index contributed by atoms with van der Waals surface area (Å²) >= 11 is 0. The summed E-state index contributed by atoms with van der Waals surface area (Å²) in [5, 5.41) is 3.77. The Balaban J connectivity index is 1.91. The van der Waals surface area contributed by atoms with Gasteiger partial charge in [0.1, 0.15) is 0 Å². The molecule has 2 aliphatic rings. The van der Waals surface area contributed by atoms with Gasteiger partial charge in [-0.25, -0.2) is 0 Å². The zero-order chi connectivity index (χ0) is 11.7. The Hall–Kier alpha value is -0.0800. The van der Waals surface area contributed by atoms with Crippen molar-refractivity contribution >= 4 is 0 Å². The summed E-state index contributed by atoms with van der Waals surface area (Å²) in [6.45, 7) is 11.8. The van der Waals surface area contributed by atoms with Crippen LogP contribution in [-0.4, -0.2) is 36.1 Å². The number of hydrogen-bond acceptors (Lipinski definition) is 2. The Labute approximate surface area is 101 Å². The molecule has 1 heterocycles. The minimum absolute atomic E-state index is 0.711. The van der Waals surface area contributed by atoms with E-state index in [0.717, 1.165) is 23.9 Å². The van der Waals surface area contributed by atoms with Crippen molar-refractivity contribution in [2.24, 2.45) is 11.8 Å². The minimum Gasteiger partial charge on any atom is -0.311 e. The van der Waals surface area contributed by atoms with E-state index >= 15 is 0 Å². The topological polar surface area (TPSA) is 15.3 Å². The molecule has 2 fully saturated rings. The molecule has 2 rings (SSSR count). The van der Waals surface area contributed by atoms with Crippen LogP contribution in [0.1, 0.15) is 47.0 Å².